The maximum atomic E-state index is 6.11. The average molecular weight is 320 g/mol. The van der Waals surface area contributed by atoms with E-state index in [-0.39, 0.29) is 0 Å². The molecule has 2 aromatic rings. The van der Waals surface area contributed by atoms with Crippen LogP contribution in [0.1, 0.15) is 11.3 Å². The summed E-state index contributed by atoms with van der Waals surface area (Å²) in [6.07, 6.45) is 2.66. The second-order valence-electron chi connectivity index (χ2n) is 4.84. The number of anilines is 1. The highest BCUT2D eigenvalue weighted by molar-refractivity contribution is 7.80. The average Bonchev–Trinajstić information content (AvgIpc) is 2.50. The van der Waals surface area contributed by atoms with Gasteiger partial charge in [0.25, 0.3) is 0 Å². The Morgan fingerprint density at radius 3 is 2.81 bits per heavy atom. The van der Waals surface area contributed by atoms with Crippen LogP contribution < -0.4 is 5.32 Å². The zero-order valence-electron chi connectivity index (χ0n) is 12.1. The lowest BCUT2D eigenvalue weighted by Crippen LogP contribution is -2.33. The number of nitrogens with one attached hydrogen (secondary N) is 1. The van der Waals surface area contributed by atoms with E-state index in [1.165, 1.54) is 0 Å². The van der Waals surface area contributed by atoms with E-state index in [9.17, 15) is 0 Å². The molecule has 0 bridgehead atoms. The van der Waals surface area contributed by atoms with Gasteiger partial charge < -0.3 is 10.2 Å². The second-order valence-corrected chi connectivity index (χ2v) is 5.63. The minimum absolute atomic E-state index is 0.677. The third kappa shape index (κ3) is 4.41. The SMILES string of the molecule is Cc1c(Cl)cccc1NC(=S)N(C)CCc1ccccn1. The Labute approximate surface area is 136 Å². The van der Waals surface area contributed by atoms with E-state index < -0.39 is 0 Å². The van der Waals surface area contributed by atoms with Gasteiger partial charge in [0, 0.05) is 42.6 Å². The van der Waals surface area contributed by atoms with Gasteiger partial charge in [0.05, 0.1) is 0 Å². The first-order chi connectivity index (χ1) is 10.1. The van der Waals surface area contributed by atoms with Crippen molar-refractivity contribution in [2.75, 3.05) is 18.9 Å². The fraction of sp³-hybridized carbons (Fsp3) is 0.250. The minimum Gasteiger partial charge on any atom is -0.352 e. The smallest absolute Gasteiger partial charge is 0.173 e. The molecule has 1 N–H and O–H groups in total. The third-order valence-electron chi connectivity index (χ3n) is 3.29. The maximum Gasteiger partial charge on any atom is 0.173 e. The second kappa shape index (κ2) is 7.38. The van der Waals surface area contributed by atoms with Crippen molar-refractivity contribution >= 4 is 34.6 Å². The molecule has 0 atom stereocenters. The highest BCUT2D eigenvalue weighted by Crippen LogP contribution is 2.23. The van der Waals surface area contributed by atoms with E-state index in [0.29, 0.717) is 5.11 Å². The summed E-state index contributed by atoms with van der Waals surface area (Å²) in [5.74, 6) is 0. The predicted octanol–water partition coefficient (Wildman–Crippen LogP) is 3.91. The molecular formula is C16H18ClN3S. The van der Waals surface area contributed by atoms with Gasteiger partial charge in [-0.1, -0.05) is 23.7 Å². The van der Waals surface area contributed by atoms with E-state index in [2.05, 4.69) is 10.3 Å². The Balaban J connectivity index is 1.92. The van der Waals surface area contributed by atoms with Crippen LogP contribution in [-0.2, 0) is 6.42 Å². The molecule has 1 aromatic heterocycles. The molecule has 21 heavy (non-hydrogen) atoms. The van der Waals surface area contributed by atoms with E-state index >= 15 is 0 Å². The van der Waals surface area contributed by atoms with E-state index in [1.54, 1.807) is 6.20 Å². The normalized spacial score (nSPS) is 10.2. The van der Waals surface area contributed by atoms with Crippen LogP contribution in [-0.4, -0.2) is 28.6 Å². The zero-order chi connectivity index (χ0) is 15.2. The van der Waals surface area contributed by atoms with Gasteiger partial charge in [-0.05, 0) is 49.0 Å². The van der Waals surface area contributed by atoms with Crippen molar-refractivity contribution in [3.63, 3.8) is 0 Å². The lowest BCUT2D eigenvalue weighted by molar-refractivity contribution is 0.512. The monoisotopic (exact) mass is 319 g/mol. The quantitative estimate of drug-likeness (QED) is 0.865. The van der Waals surface area contributed by atoms with E-state index in [1.807, 2.05) is 55.3 Å². The highest BCUT2D eigenvalue weighted by atomic mass is 35.5. The molecule has 0 saturated heterocycles. The summed E-state index contributed by atoms with van der Waals surface area (Å²) in [6, 6.07) is 11.7. The first kappa shape index (κ1) is 15.7. The maximum absolute atomic E-state index is 6.11. The fourth-order valence-electron chi connectivity index (χ4n) is 1.88. The standard InChI is InChI=1S/C16H18ClN3S/c1-12-14(17)7-5-8-15(12)19-16(21)20(2)11-9-13-6-3-4-10-18-13/h3-8,10H,9,11H2,1-2H3,(H,19,21). The highest BCUT2D eigenvalue weighted by Gasteiger charge is 2.08. The van der Waals surface area contributed by atoms with Gasteiger partial charge in [0.15, 0.2) is 5.11 Å². The van der Waals surface area contributed by atoms with Crippen LogP contribution in [0.15, 0.2) is 42.6 Å². The van der Waals surface area contributed by atoms with E-state index in [4.69, 9.17) is 23.8 Å². The lowest BCUT2D eigenvalue weighted by Gasteiger charge is -2.21. The van der Waals surface area contributed by atoms with Gasteiger partial charge in [-0.2, -0.15) is 0 Å². The number of benzene rings is 1. The molecular weight excluding hydrogens is 302 g/mol. The largest absolute Gasteiger partial charge is 0.352 e. The van der Waals surface area contributed by atoms with Gasteiger partial charge in [-0.15, -0.1) is 0 Å². The van der Waals surface area contributed by atoms with Crippen LogP contribution in [0.3, 0.4) is 0 Å². The van der Waals surface area contributed by atoms with Crippen LogP contribution in [0.5, 0.6) is 0 Å². The van der Waals surface area contributed by atoms with Gasteiger partial charge in [0.1, 0.15) is 0 Å². The number of pyridine rings is 1. The van der Waals surface area contributed by atoms with Gasteiger partial charge in [0.2, 0.25) is 0 Å². The van der Waals surface area contributed by atoms with Crippen molar-refractivity contribution < 1.29 is 0 Å². The molecule has 0 fully saturated rings. The number of thiocarbonyl (C=S) groups is 1. The molecule has 0 aliphatic heterocycles. The van der Waals surface area contributed by atoms with Gasteiger partial charge >= 0.3 is 0 Å². The van der Waals surface area contributed by atoms with Crippen LogP contribution in [0.2, 0.25) is 5.02 Å². The molecule has 1 heterocycles. The van der Waals surface area contributed by atoms with Gasteiger partial charge in [-0.25, -0.2) is 0 Å². The van der Waals surface area contributed by atoms with Gasteiger partial charge in [-0.3, -0.25) is 4.98 Å². The third-order valence-corrected chi connectivity index (χ3v) is 4.11. The molecule has 1 aromatic carbocycles. The molecule has 0 radical (unpaired) electrons. The molecule has 0 unspecified atom stereocenters. The number of rotatable bonds is 4. The molecule has 0 aliphatic carbocycles. The van der Waals surface area contributed by atoms with Crippen LogP contribution in [0.25, 0.3) is 0 Å². The van der Waals surface area contributed by atoms with Crippen molar-refractivity contribution in [3.8, 4) is 0 Å². The topological polar surface area (TPSA) is 28.2 Å². The van der Waals surface area contributed by atoms with Crippen molar-refractivity contribution in [1.29, 1.82) is 0 Å². The molecule has 3 nitrogen and oxygen atoms in total. The summed E-state index contributed by atoms with van der Waals surface area (Å²) in [5.41, 5.74) is 3.00. The molecule has 0 amide bonds. The number of hydrogen-bond donors (Lipinski definition) is 1. The summed E-state index contributed by atoms with van der Waals surface area (Å²) in [4.78, 5) is 6.32. The zero-order valence-corrected chi connectivity index (χ0v) is 13.7. The lowest BCUT2D eigenvalue weighted by atomic mass is 10.2. The molecule has 110 valence electrons. The van der Waals surface area contributed by atoms with Crippen molar-refractivity contribution in [1.82, 2.24) is 9.88 Å². The predicted molar refractivity (Wildman–Crippen MR) is 93.0 cm³/mol. The Bertz CT molecular complexity index is 616. The van der Waals surface area contributed by atoms with Crippen molar-refractivity contribution in [2.24, 2.45) is 0 Å². The van der Waals surface area contributed by atoms with E-state index in [0.717, 1.165) is 34.9 Å². The Hall–Kier alpha value is -1.65. The number of aromatic nitrogens is 1. The first-order valence-corrected chi connectivity index (χ1v) is 7.53. The summed E-state index contributed by atoms with van der Waals surface area (Å²) in [7, 11) is 1.97. The number of hydrogen-bond acceptors (Lipinski definition) is 2. The molecule has 5 heteroatoms. The first-order valence-electron chi connectivity index (χ1n) is 6.75. The fourth-order valence-corrected chi connectivity index (χ4v) is 2.26. The number of halogens is 1. The van der Waals surface area contributed by atoms with Crippen LogP contribution in [0.4, 0.5) is 5.69 Å². The Morgan fingerprint density at radius 2 is 2.10 bits per heavy atom. The molecule has 0 spiro atoms. The Morgan fingerprint density at radius 1 is 1.29 bits per heavy atom. The van der Waals surface area contributed by atoms with Crippen molar-refractivity contribution in [2.45, 2.75) is 13.3 Å². The van der Waals surface area contributed by atoms with Crippen LogP contribution >= 0.6 is 23.8 Å². The van der Waals surface area contributed by atoms with Crippen LogP contribution in [0, 0.1) is 6.92 Å². The minimum atomic E-state index is 0.677. The molecule has 0 saturated carbocycles. The molecule has 2 rings (SSSR count). The number of nitrogens with zero attached hydrogens (tertiary/aromatic N) is 2. The molecule has 0 aliphatic rings. The van der Waals surface area contributed by atoms with Crippen molar-refractivity contribution in [3.05, 3.63) is 58.9 Å². The summed E-state index contributed by atoms with van der Waals surface area (Å²) >= 11 is 11.5. The summed E-state index contributed by atoms with van der Waals surface area (Å²) in [5, 5.41) is 4.65. The summed E-state index contributed by atoms with van der Waals surface area (Å²) in [6.45, 7) is 2.78. The summed E-state index contributed by atoms with van der Waals surface area (Å²) < 4.78 is 0. The Kier molecular flexibility index (Phi) is 5.53. The number of likely N-dealkylation sites (N-methyl/N-ethyl adjacent to an activating group) is 1.